The smallest absolute Gasteiger partial charge is 0.124 e. The zero-order chi connectivity index (χ0) is 9.14. The average molecular weight is 166 g/mol. The maximum absolute atomic E-state index is 9.07. The highest BCUT2D eigenvalue weighted by molar-refractivity contribution is 5.43. The summed E-state index contributed by atoms with van der Waals surface area (Å²) in [5, 5.41) is 9.07. The molecule has 1 aromatic rings. The van der Waals surface area contributed by atoms with Crippen molar-refractivity contribution in [2.45, 2.75) is 20.5 Å². The Labute approximate surface area is 72.8 Å². The van der Waals surface area contributed by atoms with Crippen LogP contribution < -0.4 is 4.74 Å². The van der Waals surface area contributed by atoms with Crippen LogP contribution in [-0.2, 0) is 6.61 Å². The van der Waals surface area contributed by atoms with Crippen molar-refractivity contribution in [3.8, 4) is 5.75 Å². The minimum absolute atomic E-state index is 0.0384. The topological polar surface area (TPSA) is 29.5 Å². The Kier molecular flexibility index (Phi) is 2.71. The number of ether oxygens (including phenoxy) is 1. The van der Waals surface area contributed by atoms with Crippen molar-refractivity contribution in [1.82, 2.24) is 0 Å². The Bertz CT molecular complexity index is 279. The van der Waals surface area contributed by atoms with Crippen LogP contribution >= 0.6 is 0 Å². The molecule has 0 bridgehead atoms. The van der Waals surface area contributed by atoms with E-state index in [2.05, 4.69) is 0 Å². The highest BCUT2D eigenvalue weighted by atomic mass is 16.5. The van der Waals surface area contributed by atoms with E-state index >= 15 is 0 Å². The molecule has 0 heterocycles. The molecule has 0 aliphatic heterocycles. The van der Waals surface area contributed by atoms with E-state index in [9.17, 15) is 0 Å². The summed E-state index contributed by atoms with van der Waals surface area (Å²) >= 11 is 0. The number of aliphatic hydroxyl groups excluding tert-OH is 1. The molecule has 0 saturated carbocycles. The maximum Gasteiger partial charge on any atom is 0.124 e. The molecule has 2 heteroatoms. The monoisotopic (exact) mass is 166 g/mol. The zero-order valence-electron chi connectivity index (χ0n) is 7.72. The quantitative estimate of drug-likeness (QED) is 0.726. The molecule has 0 amide bonds. The van der Waals surface area contributed by atoms with Crippen LogP contribution in [0.1, 0.15) is 16.7 Å². The third kappa shape index (κ3) is 1.43. The third-order valence-electron chi connectivity index (χ3n) is 2.20. The summed E-state index contributed by atoms with van der Waals surface area (Å²) in [6, 6.07) is 3.88. The first-order chi connectivity index (χ1) is 5.70. The summed E-state index contributed by atoms with van der Waals surface area (Å²) in [5.41, 5.74) is 3.18. The van der Waals surface area contributed by atoms with Crippen molar-refractivity contribution in [3.05, 3.63) is 28.8 Å². The van der Waals surface area contributed by atoms with Crippen LogP contribution in [0.2, 0.25) is 0 Å². The Morgan fingerprint density at radius 2 is 2.00 bits per heavy atom. The van der Waals surface area contributed by atoms with Gasteiger partial charge in [0.2, 0.25) is 0 Å². The molecule has 0 unspecified atom stereocenters. The van der Waals surface area contributed by atoms with E-state index in [-0.39, 0.29) is 6.61 Å². The van der Waals surface area contributed by atoms with Crippen molar-refractivity contribution < 1.29 is 9.84 Å². The second-order valence-corrected chi connectivity index (χ2v) is 2.85. The molecule has 1 aromatic carbocycles. The first-order valence-corrected chi connectivity index (χ1v) is 3.94. The minimum Gasteiger partial charge on any atom is -0.496 e. The lowest BCUT2D eigenvalue weighted by atomic mass is 10.0. The summed E-state index contributed by atoms with van der Waals surface area (Å²) in [4.78, 5) is 0. The van der Waals surface area contributed by atoms with Gasteiger partial charge in [0.15, 0.2) is 0 Å². The lowest BCUT2D eigenvalue weighted by molar-refractivity contribution is 0.273. The third-order valence-corrected chi connectivity index (χ3v) is 2.20. The van der Waals surface area contributed by atoms with Crippen molar-refractivity contribution >= 4 is 0 Å². The van der Waals surface area contributed by atoms with Gasteiger partial charge in [-0.05, 0) is 31.0 Å². The normalized spacial score (nSPS) is 10.0. The molecule has 0 radical (unpaired) electrons. The van der Waals surface area contributed by atoms with E-state index in [4.69, 9.17) is 9.84 Å². The molecule has 0 aromatic heterocycles. The Balaban J connectivity index is 3.25. The summed E-state index contributed by atoms with van der Waals surface area (Å²) in [5.74, 6) is 0.764. The zero-order valence-corrected chi connectivity index (χ0v) is 7.72. The van der Waals surface area contributed by atoms with E-state index in [1.807, 2.05) is 26.0 Å². The maximum atomic E-state index is 9.07. The molecule has 12 heavy (non-hydrogen) atoms. The highest BCUT2D eigenvalue weighted by Gasteiger charge is 2.06. The Hall–Kier alpha value is -1.02. The molecule has 0 atom stereocenters. The molecule has 0 aliphatic carbocycles. The largest absolute Gasteiger partial charge is 0.496 e. The van der Waals surface area contributed by atoms with Gasteiger partial charge >= 0.3 is 0 Å². The SMILES string of the molecule is COc1ccc(C)c(C)c1CO. The van der Waals surface area contributed by atoms with Gasteiger partial charge in [0, 0.05) is 5.56 Å². The summed E-state index contributed by atoms with van der Waals surface area (Å²) in [6.07, 6.45) is 0. The van der Waals surface area contributed by atoms with Crippen LogP contribution in [0.5, 0.6) is 5.75 Å². The first kappa shape index (κ1) is 9.07. The highest BCUT2D eigenvalue weighted by Crippen LogP contribution is 2.24. The lowest BCUT2D eigenvalue weighted by Gasteiger charge is -2.10. The molecule has 0 saturated heterocycles. The van der Waals surface area contributed by atoms with Crippen molar-refractivity contribution in [1.29, 1.82) is 0 Å². The van der Waals surface area contributed by atoms with Crippen molar-refractivity contribution in [3.63, 3.8) is 0 Å². The predicted molar refractivity (Wildman–Crippen MR) is 48.4 cm³/mol. The molecule has 66 valence electrons. The van der Waals surface area contributed by atoms with E-state index in [0.717, 1.165) is 16.9 Å². The second kappa shape index (κ2) is 3.59. The Morgan fingerprint density at radius 3 is 2.50 bits per heavy atom. The van der Waals surface area contributed by atoms with Gasteiger partial charge in [-0.2, -0.15) is 0 Å². The van der Waals surface area contributed by atoms with Crippen LogP contribution in [-0.4, -0.2) is 12.2 Å². The number of rotatable bonds is 2. The predicted octanol–water partition coefficient (Wildman–Crippen LogP) is 1.80. The van der Waals surface area contributed by atoms with Gasteiger partial charge in [0.05, 0.1) is 13.7 Å². The Morgan fingerprint density at radius 1 is 1.33 bits per heavy atom. The van der Waals surface area contributed by atoms with Gasteiger partial charge < -0.3 is 9.84 Å². The van der Waals surface area contributed by atoms with Gasteiger partial charge in [-0.15, -0.1) is 0 Å². The number of methoxy groups -OCH3 is 1. The van der Waals surface area contributed by atoms with Gasteiger partial charge in [0.25, 0.3) is 0 Å². The fourth-order valence-electron chi connectivity index (χ4n) is 1.24. The van der Waals surface area contributed by atoms with Crippen LogP contribution in [0.15, 0.2) is 12.1 Å². The number of aryl methyl sites for hydroxylation is 1. The number of hydrogen-bond donors (Lipinski definition) is 1. The molecule has 0 fully saturated rings. The van der Waals surface area contributed by atoms with Crippen LogP contribution in [0.25, 0.3) is 0 Å². The average Bonchev–Trinajstić information content (AvgIpc) is 2.09. The standard InChI is InChI=1S/C10H14O2/c1-7-4-5-10(12-3)9(6-11)8(7)2/h4-5,11H,6H2,1-3H3. The fourth-order valence-corrected chi connectivity index (χ4v) is 1.24. The van der Waals surface area contributed by atoms with Crippen LogP contribution in [0.3, 0.4) is 0 Å². The van der Waals surface area contributed by atoms with E-state index in [0.29, 0.717) is 0 Å². The van der Waals surface area contributed by atoms with Crippen LogP contribution in [0.4, 0.5) is 0 Å². The molecule has 2 nitrogen and oxygen atoms in total. The summed E-state index contributed by atoms with van der Waals surface area (Å²) in [6.45, 7) is 4.05. The first-order valence-electron chi connectivity index (χ1n) is 3.94. The second-order valence-electron chi connectivity index (χ2n) is 2.85. The van der Waals surface area contributed by atoms with Gasteiger partial charge in [-0.25, -0.2) is 0 Å². The number of aliphatic hydroxyl groups is 1. The molecular formula is C10H14O2. The lowest BCUT2D eigenvalue weighted by Crippen LogP contribution is -1.96. The summed E-state index contributed by atoms with van der Waals surface area (Å²) in [7, 11) is 1.61. The number of hydrogen-bond acceptors (Lipinski definition) is 2. The van der Waals surface area contributed by atoms with E-state index < -0.39 is 0 Å². The minimum atomic E-state index is 0.0384. The molecule has 0 aliphatic rings. The molecule has 1 N–H and O–H groups in total. The molecule has 1 rings (SSSR count). The van der Waals surface area contributed by atoms with Crippen LogP contribution in [0, 0.1) is 13.8 Å². The van der Waals surface area contributed by atoms with Gasteiger partial charge in [-0.3, -0.25) is 0 Å². The molecule has 0 spiro atoms. The van der Waals surface area contributed by atoms with Gasteiger partial charge in [0.1, 0.15) is 5.75 Å². The van der Waals surface area contributed by atoms with Gasteiger partial charge in [-0.1, -0.05) is 6.07 Å². The molecular weight excluding hydrogens is 152 g/mol. The fraction of sp³-hybridized carbons (Fsp3) is 0.400. The van der Waals surface area contributed by atoms with E-state index in [1.54, 1.807) is 7.11 Å². The van der Waals surface area contributed by atoms with E-state index in [1.165, 1.54) is 5.56 Å². The summed E-state index contributed by atoms with van der Waals surface area (Å²) < 4.78 is 5.11. The van der Waals surface area contributed by atoms with Crippen molar-refractivity contribution in [2.75, 3.05) is 7.11 Å². The van der Waals surface area contributed by atoms with Crippen molar-refractivity contribution in [2.24, 2.45) is 0 Å². The number of benzene rings is 1.